The van der Waals surface area contributed by atoms with Crippen LogP contribution in [0.25, 0.3) is 11.1 Å². The van der Waals surface area contributed by atoms with E-state index in [1.54, 1.807) is 7.11 Å². The molecule has 3 aromatic rings. The van der Waals surface area contributed by atoms with Crippen molar-refractivity contribution in [2.75, 3.05) is 32.6 Å². The summed E-state index contributed by atoms with van der Waals surface area (Å²) in [5.41, 5.74) is 5.73. The Labute approximate surface area is 191 Å². The highest BCUT2D eigenvalue weighted by Gasteiger charge is 2.29. The van der Waals surface area contributed by atoms with E-state index < -0.39 is 0 Å². The molecule has 2 aromatic heterocycles. The van der Waals surface area contributed by atoms with Gasteiger partial charge in [0, 0.05) is 50.7 Å². The summed E-state index contributed by atoms with van der Waals surface area (Å²) in [6, 6.07) is 8.44. The Morgan fingerprint density at radius 3 is 2.59 bits per heavy atom. The molecule has 0 spiro atoms. The van der Waals surface area contributed by atoms with Crippen LogP contribution in [0.5, 0.6) is 5.75 Å². The van der Waals surface area contributed by atoms with Crippen molar-refractivity contribution in [2.45, 2.75) is 52.2 Å². The Morgan fingerprint density at radius 1 is 1.16 bits per heavy atom. The summed E-state index contributed by atoms with van der Waals surface area (Å²) >= 11 is 0. The zero-order valence-electron chi connectivity index (χ0n) is 19.9. The van der Waals surface area contributed by atoms with Gasteiger partial charge in [0.15, 0.2) is 0 Å². The molecule has 1 atom stereocenters. The van der Waals surface area contributed by atoms with Crippen molar-refractivity contribution in [3.63, 3.8) is 0 Å². The average Bonchev–Trinajstić information content (AvgIpc) is 3.18. The third-order valence-electron chi connectivity index (χ3n) is 6.28. The van der Waals surface area contributed by atoms with Crippen molar-refractivity contribution in [3.8, 4) is 16.9 Å². The minimum atomic E-state index is 0.243. The van der Waals surface area contributed by atoms with Crippen LogP contribution in [0.15, 0.2) is 36.7 Å². The van der Waals surface area contributed by atoms with E-state index in [0.29, 0.717) is 0 Å². The van der Waals surface area contributed by atoms with Gasteiger partial charge >= 0.3 is 0 Å². The van der Waals surface area contributed by atoms with Crippen molar-refractivity contribution in [3.05, 3.63) is 53.6 Å². The number of anilines is 1. The fourth-order valence-electron chi connectivity index (χ4n) is 4.43. The van der Waals surface area contributed by atoms with Gasteiger partial charge in [-0.2, -0.15) is 5.10 Å². The first-order valence-corrected chi connectivity index (χ1v) is 11.5. The lowest BCUT2D eigenvalue weighted by Crippen LogP contribution is -2.34. The van der Waals surface area contributed by atoms with E-state index in [-0.39, 0.29) is 6.04 Å². The van der Waals surface area contributed by atoms with Gasteiger partial charge in [0.1, 0.15) is 5.75 Å². The number of rotatable bonds is 7. The highest BCUT2D eigenvalue weighted by atomic mass is 16.5. The number of piperidine rings is 1. The fraction of sp³-hybridized carbons (Fsp3) is 0.480. The van der Waals surface area contributed by atoms with Gasteiger partial charge in [0.25, 0.3) is 0 Å². The molecule has 4 rings (SSSR count). The summed E-state index contributed by atoms with van der Waals surface area (Å²) in [5, 5.41) is 4.66. The van der Waals surface area contributed by atoms with E-state index in [1.807, 2.05) is 42.0 Å². The van der Waals surface area contributed by atoms with Gasteiger partial charge < -0.3 is 9.64 Å². The molecule has 1 unspecified atom stereocenters. The van der Waals surface area contributed by atoms with Crippen LogP contribution in [0.1, 0.15) is 49.2 Å². The molecule has 7 nitrogen and oxygen atoms in total. The van der Waals surface area contributed by atoms with Crippen molar-refractivity contribution in [2.24, 2.45) is 0 Å². The molecule has 0 radical (unpaired) electrons. The van der Waals surface area contributed by atoms with Crippen molar-refractivity contribution in [1.29, 1.82) is 0 Å². The minimum Gasteiger partial charge on any atom is -0.497 e. The van der Waals surface area contributed by atoms with Crippen LogP contribution >= 0.6 is 0 Å². The molecular weight excluding hydrogens is 400 g/mol. The second-order valence-electron chi connectivity index (χ2n) is 8.67. The molecule has 0 N–H and O–H groups in total. The van der Waals surface area contributed by atoms with Crippen molar-refractivity contribution < 1.29 is 4.74 Å². The molecule has 32 heavy (non-hydrogen) atoms. The van der Waals surface area contributed by atoms with Crippen LogP contribution in [-0.2, 0) is 13.1 Å². The topological polar surface area (TPSA) is 59.3 Å². The molecule has 3 heterocycles. The molecule has 1 fully saturated rings. The summed E-state index contributed by atoms with van der Waals surface area (Å²) in [6.07, 6.45) is 7.68. The van der Waals surface area contributed by atoms with Crippen LogP contribution in [-0.4, -0.2) is 52.4 Å². The molecule has 7 heteroatoms. The number of ether oxygens (including phenoxy) is 1. The normalized spacial score (nSPS) is 16.8. The lowest BCUT2D eigenvalue weighted by atomic mass is 9.93. The van der Waals surface area contributed by atoms with Gasteiger partial charge in [-0.3, -0.25) is 9.58 Å². The summed E-state index contributed by atoms with van der Waals surface area (Å²) in [5.74, 6) is 1.60. The Kier molecular flexibility index (Phi) is 6.74. The maximum atomic E-state index is 5.35. The second kappa shape index (κ2) is 9.69. The number of methoxy groups -OCH3 is 1. The minimum absolute atomic E-state index is 0.243. The number of likely N-dealkylation sites (tertiary alicyclic amines) is 1. The highest BCUT2D eigenvalue weighted by Crippen LogP contribution is 2.37. The Bertz CT molecular complexity index is 1040. The molecule has 1 saturated heterocycles. The lowest BCUT2D eigenvalue weighted by Gasteiger charge is -2.36. The average molecular weight is 435 g/mol. The molecular formula is C25H34N6O. The SMILES string of the molecule is CCn1cc(CN2CCCCC2c2nc(N(C)C)ncc2-c2ccc(OC)cc2)c(C)n1. The summed E-state index contributed by atoms with van der Waals surface area (Å²) in [7, 11) is 5.68. The maximum absolute atomic E-state index is 5.35. The van der Waals surface area contributed by atoms with E-state index in [9.17, 15) is 0 Å². The number of aromatic nitrogens is 4. The number of hydrogen-bond acceptors (Lipinski definition) is 6. The Morgan fingerprint density at radius 2 is 1.94 bits per heavy atom. The predicted octanol–water partition coefficient (Wildman–Crippen LogP) is 4.47. The van der Waals surface area contributed by atoms with Gasteiger partial charge in [0.05, 0.1) is 24.5 Å². The van der Waals surface area contributed by atoms with Gasteiger partial charge in [-0.25, -0.2) is 9.97 Å². The first-order chi connectivity index (χ1) is 15.5. The first kappa shape index (κ1) is 22.3. The molecule has 0 bridgehead atoms. The second-order valence-corrected chi connectivity index (χ2v) is 8.67. The predicted molar refractivity (Wildman–Crippen MR) is 128 cm³/mol. The number of benzene rings is 1. The summed E-state index contributed by atoms with van der Waals surface area (Å²) in [6.45, 7) is 7.08. The number of hydrogen-bond donors (Lipinski definition) is 0. The van der Waals surface area contributed by atoms with Crippen LogP contribution in [0, 0.1) is 6.92 Å². The quantitative estimate of drug-likeness (QED) is 0.547. The molecule has 170 valence electrons. The molecule has 0 saturated carbocycles. The first-order valence-electron chi connectivity index (χ1n) is 11.5. The molecule has 0 aliphatic carbocycles. The van der Waals surface area contributed by atoms with Gasteiger partial charge in [-0.15, -0.1) is 0 Å². The van der Waals surface area contributed by atoms with E-state index >= 15 is 0 Å². The highest BCUT2D eigenvalue weighted by molar-refractivity contribution is 5.67. The van der Waals surface area contributed by atoms with E-state index in [1.165, 1.54) is 18.4 Å². The zero-order valence-corrected chi connectivity index (χ0v) is 19.9. The third kappa shape index (κ3) is 4.63. The molecule has 1 aromatic carbocycles. The maximum Gasteiger partial charge on any atom is 0.225 e. The van der Waals surface area contributed by atoms with E-state index in [2.05, 4.69) is 47.2 Å². The smallest absolute Gasteiger partial charge is 0.225 e. The zero-order chi connectivity index (χ0) is 22.7. The van der Waals surface area contributed by atoms with Crippen LogP contribution in [0.2, 0.25) is 0 Å². The summed E-state index contributed by atoms with van der Waals surface area (Å²) in [4.78, 5) is 14.3. The lowest BCUT2D eigenvalue weighted by molar-refractivity contribution is 0.137. The van der Waals surface area contributed by atoms with Crippen LogP contribution < -0.4 is 9.64 Å². The van der Waals surface area contributed by atoms with Gasteiger partial charge in [0.2, 0.25) is 5.95 Å². The van der Waals surface area contributed by atoms with E-state index in [0.717, 1.165) is 60.3 Å². The standard InChI is InChI=1S/C25H34N6O/c1-6-31-17-20(18(2)28-31)16-30-14-8-7-9-23(30)24-22(15-26-25(27-24)29(3)4)19-10-12-21(32-5)13-11-19/h10-13,15,17,23H,6-9,14,16H2,1-5H3. The fourth-order valence-corrected chi connectivity index (χ4v) is 4.43. The Balaban J connectivity index is 1.73. The summed E-state index contributed by atoms with van der Waals surface area (Å²) < 4.78 is 7.38. The van der Waals surface area contributed by atoms with Crippen molar-refractivity contribution in [1.82, 2.24) is 24.6 Å². The Hall–Kier alpha value is -2.93. The van der Waals surface area contributed by atoms with Crippen LogP contribution in [0.3, 0.4) is 0 Å². The third-order valence-corrected chi connectivity index (χ3v) is 6.28. The monoisotopic (exact) mass is 434 g/mol. The van der Waals surface area contributed by atoms with Crippen LogP contribution in [0.4, 0.5) is 5.95 Å². The molecule has 1 aliphatic heterocycles. The number of nitrogens with zero attached hydrogens (tertiary/aromatic N) is 6. The number of aryl methyl sites for hydroxylation is 2. The molecule has 0 amide bonds. The van der Waals surface area contributed by atoms with Gasteiger partial charge in [-0.05, 0) is 50.9 Å². The largest absolute Gasteiger partial charge is 0.497 e. The van der Waals surface area contributed by atoms with E-state index in [4.69, 9.17) is 9.72 Å². The molecule has 1 aliphatic rings. The van der Waals surface area contributed by atoms with Gasteiger partial charge in [-0.1, -0.05) is 18.6 Å². The van der Waals surface area contributed by atoms with Crippen molar-refractivity contribution >= 4 is 5.95 Å².